The van der Waals surface area contributed by atoms with Gasteiger partial charge in [0.1, 0.15) is 0 Å². The van der Waals surface area contributed by atoms with Gasteiger partial charge in [-0.1, -0.05) is 6.07 Å². The Labute approximate surface area is 125 Å². The molecule has 1 aromatic heterocycles. The van der Waals surface area contributed by atoms with Crippen LogP contribution >= 0.6 is 11.8 Å². The van der Waals surface area contributed by atoms with Crippen molar-refractivity contribution in [3.8, 4) is 0 Å². The van der Waals surface area contributed by atoms with Crippen LogP contribution in [0.3, 0.4) is 0 Å². The summed E-state index contributed by atoms with van der Waals surface area (Å²) < 4.78 is 0. The maximum Gasteiger partial charge on any atom is 0.191 e. The van der Waals surface area contributed by atoms with E-state index in [1.165, 1.54) is 24.2 Å². The minimum atomic E-state index is 0.712. The van der Waals surface area contributed by atoms with Gasteiger partial charge in [-0.25, -0.2) is 0 Å². The third kappa shape index (κ3) is 5.41. The zero-order chi connectivity index (χ0) is 14.0. The number of nitrogens with zero attached hydrogens (tertiary/aromatic N) is 2. The highest BCUT2D eigenvalue weighted by Crippen LogP contribution is 2.25. The molecule has 4 nitrogen and oxygen atoms in total. The molecule has 0 radical (unpaired) electrons. The second kappa shape index (κ2) is 8.84. The number of thioether (sulfide) groups is 1. The molecule has 2 heterocycles. The van der Waals surface area contributed by atoms with Crippen LogP contribution in [0, 0.1) is 0 Å². The maximum atomic E-state index is 4.68. The molecular formula is C15H24N4S. The van der Waals surface area contributed by atoms with Crippen molar-refractivity contribution >= 4 is 17.7 Å². The second-order valence-electron chi connectivity index (χ2n) is 4.89. The van der Waals surface area contributed by atoms with Crippen LogP contribution in [0.4, 0.5) is 0 Å². The lowest BCUT2D eigenvalue weighted by atomic mass is 10.2. The van der Waals surface area contributed by atoms with Crippen LogP contribution < -0.4 is 10.6 Å². The van der Waals surface area contributed by atoms with Crippen molar-refractivity contribution in [2.45, 2.75) is 31.4 Å². The number of guanidine groups is 1. The normalized spacial score (nSPS) is 19.1. The molecule has 1 atom stereocenters. The summed E-state index contributed by atoms with van der Waals surface area (Å²) in [4.78, 5) is 8.82. The fourth-order valence-corrected chi connectivity index (χ4v) is 3.37. The maximum absolute atomic E-state index is 4.68. The van der Waals surface area contributed by atoms with E-state index in [1.807, 2.05) is 18.5 Å². The van der Waals surface area contributed by atoms with Crippen LogP contribution in [0.1, 0.15) is 25.3 Å². The Balaban J connectivity index is 1.74. The SMILES string of the molecule is CCNC(=NCC1CCCS1)NCCc1cccnc1. The monoisotopic (exact) mass is 292 g/mol. The molecule has 5 heteroatoms. The first-order valence-electron chi connectivity index (χ1n) is 7.41. The molecule has 0 aliphatic carbocycles. The number of pyridine rings is 1. The first kappa shape index (κ1) is 15.2. The Bertz CT molecular complexity index is 402. The Kier molecular flexibility index (Phi) is 6.71. The van der Waals surface area contributed by atoms with Crippen molar-refractivity contribution in [1.29, 1.82) is 0 Å². The predicted octanol–water partition coefficient (Wildman–Crippen LogP) is 2.07. The van der Waals surface area contributed by atoms with Crippen LogP contribution in [0.15, 0.2) is 29.5 Å². The minimum Gasteiger partial charge on any atom is -0.357 e. The Morgan fingerprint density at radius 3 is 3.15 bits per heavy atom. The number of rotatable bonds is 6. The lowest BCUT2D eigenvalue weighted by Crippen LogP contribution is -2.38. The molecule has 0 saturated carbocycles. The largest absolute Gasteiger partial charge is 0.357 e. The molecule has 110 valence electrons. The molecule has 1 aromatic rings. The Morgan fingerprint density at radius 2 is 2.45 bits per heavy atom. The van der Waals surface area contributed by atoms with Crippen LogP contribution in [0.2, 0.25) is 0 Å². The van der Waals surface area contributed by atoms with E-state index in [0.29, 0.717) is 5.25 Å². The average Bonchev–Trinajstić information content (AvgIpc) is 2.99. The summed E-state index contributed by atoms with van der Waals surface area (Å²) in [5.74, 6) is 2.23. The van der Waals surface area contributed by atoms with Gasteiger partial charge in [0.25, 0.3) is 0 Å². The highest BCUT2D eigenvalue weighted by atomic mass is 32.2. The molecule has 1 aliphatic heterocycles. The number of aliphatic imine (C=N–C) groups is 1. The van der Waals surface area contributed by atoms with E-state index in [-0.39, 0.29) is 0 Å². The molecule has 1 aliphatic rings. The zero-order valence-electron chi connectivity index (χ0n) is 12.1. The molecular weight excluding hydrogens is 268 g/mol. The van der Waals surface area contributed by atoms with Gasteiger partial charge in [-0.3, -0.25) is 9.98 Å². The number of hydrogen-bond acceptors (Lipinski definition) is 3. The van der Waals surface area contributed by atoms with Gasteiger partial charge in [0, 0.05) is 30.7 Å². The van der Waals surface area contributed by atoms with Gasteiger partial charge in [0.05, 0.1) is 6.54 Å². The second-order valence-corrected chi connectivity index (χ2v) is 6.30. The van der Waals surface area contributed by atoms with Gasteiger partial charge in [0.15, 0.2) is 5.96 Å². The first-order chi connectivity index (χ1) is 9.88. The molecule has 0 aromatic carbocycles. The molecule has 2 rings (SSSR count). The van der Waals surface area contributed by atoms with Crippen molar-refractivity contribution in [3.63, 3.8) is 0 Å². The predicted molar refractivity (Wildman–Crippen MR) is 87.4 cm³/mol. The number of nitrogens with one attached hydrogen (secondary N) is 2. The molecule has 0 amide bonds. The van der Waals surface area contributed by atoms with E-state index >= 15 is 0 Å². The summed E-state index contributed by atoms with van der Waals surface area (Å²) >= 11 is 2.05. The van der Waals surface area contributed by atoms with Crippen LogP contribution in [0.5, 0.6) is 0 Å². The van der Waals surface area contributed by atoms with E-state index in [4.69, 9.17) is 0 Å². The molecule has 0 bridgehead atoms. The quantitative estimate of drug-likeness (QED) is 0.622. The van der Waals surface area contributed by atoms with Crippen LogP contribution in [-0.4, -0.2) is 41.6 Å². The summed E-state index contributed by atoms with van der Waals surface area (Å²) in [7, 11) is 0. The lowest BCUT2D eigenvalue weighted by molar-refractivity contribution is 0.760. The van der Waals surface area contributed by atoms with Gasteiger partial charge in [-0.15, -0.1) is 0 Å². The highest BCUT2D eigenvalue weighted by Gasteiger charge is 2.14. The minimum absolute atomic E-state index is 0.712. The standard InChI is InChI=1S/C15H24N4S/c1-2-17-15(19-12-14-6-4-10-20-14)18-9-7-13-5-3-8-16-11-13/h3,5,8,11,14H,2,4,6-7,9-10,12H2,1H3,(H2,17,18,19). The molecule has 2 N–H and O–H groups in total. The topological polar surface area (TPSA) is 49.3 Å². The molecule has 1 unspecified atom stereocenters. The highest BCUT2D eigenvalue weighted by molar-refractivity contribution is 8.00. The summed E-state index contributed by atoms with van der Waals surface area (Å²) in [6.07, 6.45) is 7.35. The Hall–Kier alpha value is -1.23. The smallest absolute Gasteiger partial charge is 0.191 e. The van der Waals surface area contributed by atoms with Gasteiger partial charge >= 0.3 is 0 Å². The van der Waals surface area contributed by atoms with Crippen LogP contribution in [-0.2, 0) is 6.42 Å². The van der Waals surface area contributed by atoms with Crippen molar-refractivity contribution in [1.82, 2.24) is 15.6 Å². The fourth-order valence-electron chi connectivity index (χ4n) is 2.19. The third-order valence-corrected chi connectivity index (χ3v) is 4.63. The van der Waals surface area contributed by atoms with Crippen molar-refractivity contribution in [2.24, 2.45) is 4.99 Å². The van der Waals surface area contributed by atoms with Crippen molar-refractivity contribution in [3.05, 3.63) is 30.1 Å². The van der Waals surface area contributed by atoms with Crippen molar-refractivity contribution in [2.75, 3.05) is 25.4 Å². The van der Waals surface area contributed by atoms with Crippen molar-refractivity contribution < 1.29 is 0 Å². The van der Waals surface area contributed by atoms with E-state index in [9.17, 15) is 0 Å². The van der Waals surface area contributed by atoms with Crippen LogP contribution in [0.25, 0.3) is 0 Å². The molecule has 1 fully saturated rings. The lowest BCUT2D eigenvalue weighted by Gasteiger charge is -2.12. The summed E-state index contributed by atoms with van der Waals surface area (Å²) in [5, 5.41) is 7.41. The van der Waals surface area contributed by atoms with Gasteiger partial charge < -0.3 is 10.6 Å². The van der Waals surface area contributed by atoms with Gasteiger partial charge in [0.2, 0.25) is 0 Å². The molecule has 0 spiro atoms. The van der Waals surface area contributed by atoms with E-state index < -0.39 is 0 Å². The van der Waals surface area contributed by atoms with Gasteiger partial charge in [-0.2, -0.15) is 11.8 Å². The van der Waals surface area contributed by atoms with E-state index in [0.717, 1.165) is 32.0 Å². The number of aromatic nitrogens is 1. The Morgan fingerprint density at radius 1 is 1.50 bits per heavy atom. The summed E-state index contributed by atoms with van der Waals surface area (Å²) in [5.41, 5.74) is 1.25. The average molecular weight is 292 g/mol. The molecule has 20 heavy (non-hydrogen) atoms. The summed E-state index contributed by atoms with van der Waals surface area (Å²) in [6.45, 7) is 4.81. The van der Waals surface area contributed by atoms with E-state index in [1.54, 1.807) is 0 Å². The fraction of sp³-hybridized carbons (Fsp3) is 0.600. The summed E-state index contributed by atoms with van der Waals surface area (Å²) in [6, 6.07) is 4.08. The van der Waals surface area contributed by atoms with E-state index in [2.05, 4.69) is 45.4 Å². The molecule has 1 saturated heterocycles. The number of hydrogen-bond donors (Lipinski definition) is 2. The van der Waals surface area contributed by atoms with Gasteiger partial charge in [-0.05, 0) is 43.6 Å². The third-order valence-electron chi connectivity index (χ3n) is 3.25. The first-order valence-corrected chi connectivity index (χ1v) is 8.46. The zero-order valence-corrected chi connectivity index (χ0v) is 13.0.